The summed E-state index contributed by atoms with van der Waals surface area (Å²) in [5, 5.41) is 4.11. The number of hydrogen-bond acceptors (Lipinski definition) is 9. The van der Waals surface area contributed by atoms with Crippen molar-refractivity contribution in [2.75, 3.05) is 27.9 Å². The summed E-state index contributed by atoms with van der Waals surface area (Å²) in [7, 11) is 4.23. The van der Waals surface area contributed by atoms with Gasteiger partial charge in [-0.1, -0.05) is 13.3 Å². The van der Waals surface area contributed by atoms with Crippen LogP contribution in [0, 0.1) is 0 Å². The fourth-order valence-electron chi connectivity index (χ4n) is 1.65. The van der Waals surface area contributed by atoms with E-state index < -0.39 is 12.1 Å². The van der Waals surface area contributed by atoms with E-state index in [4.69, 9.17) is 14.2 Å². The number of ether oxygens (including phenoxy) is 4. The number of methoxy groups -OCH3 is 3. The second-order valence-corrected chi connectivity index (χ2v) is 4.39. The zero-order valence-electron chi connectivity index (χ0n) is 14.0. The normalized spacial score (nSPS) is 9.83. The molecule has 9 nitrogen and oxygen atoms in total. The SMILES string of the molecule is CCCCOC(=O)OOOC(=O)c1cc(OC)c(OC)c(OC)c1. The van der Waals surface area contributed by atoms with Crippen molar-refractivity contribution in [3.8, 4) is 17.2 Å². The van der Waals surface area contributed by atoms with Crippen molar-refractivity contribution < 1.29 is 43.3 Å². The average molecular weight is 344 g/mol. The second kappa shape index (κ2) is 10.2. The van der Waals surface area contributed by atoms with E-state index in [9.17, 15) is 9.59 Å². The van der Waals surface area contributed by atoms with Crippen LogP contribution in [-0.2, 0) is 19.6 Å². The van der Waals surface area contributed by atoms with Gasteiger partial charge >= 0.3 is 12.1 Å². The third-order valence-corrected chi connectivity index (χ3v) is 2.83. The van der Waals surface area contributed by atoms with Crippen LogP contribution in [0.15, 0.2) is 12.1 Å². The van der Waals surface area contributed by atoms with Crippen LogP contribution in [0.1, 0.15) is 30.1 Å². The maximum Gasteiger partial charge on any atom is 0.543 e. The first-order chi connectivity index (χ1) is 11.6. The van der Waals surface area contributed by atoms with Crippen LogP contribution in [0.3, 0.4) is 0 Å². The molecular weight excluding hydrogens is 324 g/mol. The molecule has 0 spiro atoms. The minimum atomic E-state index is -1.11. The Hall–Kier alpha value is -2.68. The molecule has 0 heterocycles. The summed E-state index contributed by atoms with van der Waals surface area (Å²) < 4.78 is 20.0. The highest BCUT2D eigenvalue weighted by molar-refractivity contribution is 5.90. The molecule has 0 unspecified atom stereocenters. The lowest BCUT2D eigenvalue weighted by Gasteiger charge is -2.13. The molecule has 0 aliphatic heterocycles. The zero-order chi connectivity index (χ0) is 17.9. The van der Waals surface area contributed by atoms with Gasteiger partial charge in [0.05, 0.1) is 38.5 Å². The summed E-state index contributed by atoms with van der Waals surface area (Å²) in [5.41, 5.74) is 0.0347. The number of carbonyl (C=O) groups is 2. The summed E-state index contributed by atoms with van der Waals surface area (Å²) in [6.07, 6.45) is 0.422. The first kappa shape index (κ1) is 19.4. The van der Waals surface area contributed by atoms with Crippen LogP contribution in [0.2, 0.25) is 0 Å². The Balaban J connectivity index is 2.63. The van der Waals surface area contributed by atoms with E-state index in [-0.39, 0.29) is 23.7 Å². The minimum absolute atomic E-state index is 0.0347. The van der Waals surface area contributed by atoms with Crippen molar-refractivity contribution in [2.45, 2.75) is 19.8 Å². The number of hydrogen-bond donors (Lipinski definition) is 0. The Bertz CT molecular complexity index is 531. The average Bonchev–Trinajstić information content (AvgIpc) is 2.60. The topological polar surface area (TPSA) is 98.8 Å². The largest absolute Gasteiger partial charge is 0.543 e. The van der Waals surface area contributed by atoms with Gasteiger partial charge in [-0.15, -0.1) is 0 Å². The molecule has 0 aliphatic carbocycles. The number of carbonyl (C=O) groups excluding carboxylic acids is 2. The van der Waals surface area contributed by atoms with Crippen LogP contribution in [0.25, 0.3) is 0 Å². The molecular formula is C15H20O9. The Labute approximate surface area is 139 Å². The molecule has 0 aromatic heterocycles. The van der Waals surface area contributed by atoms with Crippen molar-refractivity contribution in [3.63, 3.8) is 0 Å². The van der Waals surface area contributed by atoms with E-state index in [0.717, 1.165) is 6.42 Å². The molecule has 1 aromatic carbocycles. The van der Waals surface area contributed by atoms with Gasteiger partial charge in [-0.2, -0.15) is 0 Å². The van der Waals surface area contributed by atoms with E-state index in [1.54, 1.807) is 0 Å². The van der Waals surface area contributed by atoms with E-state index in [1.165, 1.54) is 33.5 Å². The second-order valence-electron chi connectivity index (χ2n) is 4.39. The fourth-order valence-corrected chi connectivity index (χ4v) is 1.65. The van der Waals surface area contributed by atoms with Crippen LogP contribution < -0.4 is 14.2 Å². The first-order valence-electron chi connectivity index (χ1n) is 7.09. The molecule has 0 aliphatic rings. The Morgan fingerprint density at radius 2 is 1.58 bits per heavy atom. The Morgan fingerprint density at radius 1 is 0.958 bits per heavy atom. The number of unbranched alkanes of at least 4 members (excludes halogenated alkanes) is 1. The van der Waals surface area contributed by atoms with Gasteiger partial charge in [0.15, 0.2) is 11.5 Å². The highest BCUT2D eigenvalue weighted by Gasteiger charge is 2.19. The van der Waals surface area contributed by atoms with E-state index >= 15 is 0 Å². The van der Waals surface area contributed by atoms with Gasteiger partial charge in [-0.3, -0.25) is 4.89 Å². The summed E-state index contributed by atoms with van der Waals surface area (Å²) >= 11 is 0. The highest BCUT2D eigenvalue weighted by atomic mass is 17.5. The van der Waals surface area contributed by atoms with Crippen LogP contribution in [0.5, 0.6) is 17.2 Å². The molecule has 0 amide bonds. The van der Waals surface area contributed by atoms with Crippen molar-refractivity contribution >= 4 is 12.1 Å². The lowest BCUT2D eigenvalue weighted by Crippen LogP contribution is -2.13. The summed E-state index contributed by atoms with van der Waals surface area (Å²) in [4.78, 5) is 31.5. The van der Waals surface area contributed by atoms with Gasteiger partial charge in [0.1, 0.15) is 0 Å². The summed E-state index contributed by atoms with van der Waals surface area (Å²) in [5.74, 6) is -0.115. The van der Waals surface area contributed by atoms with Crippen LogP contribution >= 0.6 is 0 Å². The minimum Gasteiger partial charge on any atom is -0.493 e. The molecule has 1 rings (SSSR count). The van der Waals surface area contributed by atoms with E-state index in [0.29, 0.717) is 12.2 Å². The molecule has 1 aromatic rings. The predicted octanol–water partition coefficient (Wildman–Crippen LogP) is 2.67. The molecule has 0 radical (unpaired) electrons. The van der Waals surface area contributed by atoms with Gasteiger partial charge < -0.3 is 18.9 Å². The molecule has 0 bridgehead atoms. The van der Waals surface area contributed by atoms with Gasteiger partial charge in [-0.25, -0.2) is 14.5 Å². The number of rotatable bonds is 9. The third kappa shape index (κ3) is 5.51. The summed E-state index contributed by atoms with van der Waals surface area (Å²) in [6.45, 7) is 2.11. The molecule has 134 valence electrons. The molecule has 0 saturated heterocycles. The molecule has 0 fully saturated rings. The molecule has 9 heteroatoms. The van der Waals surface area contributed by atoms with Crippen LogP contribution in [0.4, 0.5) is 4.79 Å². The Morgan fingerprint density at radius 3 is 2.08 bits per heavy atom. The maximum atomic E-state index is 11.9. The monoisotopic (exact) mass is 344 g/mol. The van der Waals surface area contributed by atoms with Gasteiger partial charge in [0.2, 0.25) is 5.75 Å². The van der Waals surface area contributed by atoms with E-state index in [2.05, 4.69) is 19.6 Å². The first-order valence-corrected chi connectivity index (χ1v) is 7.09. The smallest absolute Gasteiger partial charge is 0.493 e. The van der Waals surface area contributed by atoms with Gasteiger partial charge in [0, 0.05) is 0 Å². The van der Waals surface area contributed by atoms with Gasteiger partial charge in [-0.05, 0) is 18.6 Å². The van der Waals surface area contributed by atoms with E-state index in [1.807, 2.05) is 6.92 Å². The quantitative estimate of drug-likeness (QED) is 0.290. The highest BCUT2D eigenvalue weighted by Crippen LogP contribution is 2.38. The summed E-state index contributed by atoms with van der Waals surface area (Å²) in [6, 6.07) is 2.71. The lowest BCUT2D eigenvalue weighted by atomic mass is 10.2. The zero-order valence-corrected chi connectivity index (χ0v) is 14.0. The predicted molar refractivity (Wildman–Crippen MR) is 79.9 cm³/mol. The van der Waals surface area contributed by atoms with Gasteiger partial charge in [0.25, 0.3) is 0 Å². The molecule has 0 saturated carbocycles. The van der Waals surface area contributed by atoms with Crippen molar-refractivity contribution in [1.82, 2.24) is 0 Å². The van der Waals surface area contributed by atoms with Crippen LogP contribution in [-0.4, -0.2) is 40.1 Å². The molecule has 0 N–H and O–H groups in total. The van der Waals surface area contributed by atoms with Crippen molar-refractivity contribution in [3.05, 3.63) is 17.7 Å². The molecule has 24 heavy (non-hydrogen) atoms. The number of benzene rings is 1. The fraction of sp³-hybridized carbons (Fsp3) is 0.467. The lowest BCUT2D eigenvalue weighted by molar-refractivity contribution is -0.452. The maximum absolute atomic E-state index is 11.9. The third-order valence-electron chi connectivity index (χ3n) is 2.83. The standard InChI is InChI=1S/C15H20O9/c1-5-6-7-21-15(17)23-24-22-14(16)10-8-11(18-2)13(20-4)12(9-10)19-3/h8-9H,5-7H2,1-4H3. The molecule has 0 atom stereocenters. The van der Waals surface area contributed by atoms with Crippen molar-refractivity contribution in [1.29, 1.82) is 0 Å². The van der Waals surface area contributed by atoms with Crippen molar-refractivity contribution in [2.24, 2.45) is 0 Å². The Kier molecular flexibility index (Phi) is 8.20.